The monoisotopic (exact) mass is 420 g/mol. The number of nitrogens with zero attached hydrogens (tertiary/aromatic N) is 4. The summed E-state index contributed by atoms with van der Waals surface area (Å²) in [6.45, 7) is 5.48. The summed E-state index contributed by atoms with van der Waals surface area (Å²) in [7, 11) is 1.72. The molecule has 4 rings (SSSR count). The van der Waals surface area contributed by atoms with Crippen molar-refractivity contribution < 1.29 is 9.53 Å². The number of fused-ring (bicyclic) bond motifs is 1. The number of carbonyl (C=O) groups excluding carboxylic acids is 1. The lowest BCUT2D eigenvalue weighted by Gasteiger charge is -2.36. The number of rotatable bonds is 6. The lowest BCUT2D eigenvalue weighted by Crippen LogP contribution is -2.49. The zero-order chi connectivity index (χ0) is 21.8. The van der Waals surface area contributed by atoms with Crippen LogP contribution in [-0.2, 0) is 18.3 Å². The molecule has 2 heterocycles. The highest BCUT2D eigenvalue weighted by atomic mass is 16.5. The molecular formula is C24H28N4O3. The van der Waals surface area contributed by atoms with Crippen LogP contribution in [-0.4, -0.2) is 53.1 Å². The third kappa shape index (κ3) is 4.40. The molecule has 2 aromatic carbocycles. The van der Waals surface area contributed by atoms with E-state index in [0.29, 0.717) is 49.3 Å². The Labute approximate surface area is 181 Å². The molecule has 1 amide bonds. The Morgan fingerprint density at radius 3 is 2.52 bits per heavy atom. The number of para-hydroxylation sites is 3. The molecule has 7 heteroatoms. The van der Waals surface area contributed by atoms with Crippen LogP contribution in [0.5, 0.6) is 5.75 Å². The zero-order valence-corrected chi connectivity index (χ0v) is 18.1. The number of anilines is 1. The second-order valence-corrected chi connectivity index (χ2v) is 7.68. The zero-order valence-electron chi connectivity index (χ0n) is 18.1. The maximum absolute atomic E-state index is 12.8. The van der Waals surface area contributed by atoms with Crippen LogP contribution in [0.3, 0.4) is 0 Å². The van der Waals surface area contributed by atoms with Gasteiger partial charge in [-0.25, -0.2) is 4.98 Å². The van der Waals surface area contributed by atoms with Crippen LogP contribution in [0.15, 0.2) is 53.3 Å². The van der Waals surface area contributed by atoms with E-state index in [0.717, 1.165) is 24.5 Å². The van der Waals surface area contributed by atoms with Crippen LogP contribution in [0.25, 0.3) is 10.9 Å². The first-order valence-electron chi connectivity index (χ1n) is 10.8. The van der Waals surface area contributed by atoms with Gasteiger partial charge in [0.15, 0.2) is 0 Å². The second kappa shape index (κ2) is 9.20. The Hall–Kier alpha value is -3.35. The number of amides is 1. The third-order valence-electron chi connectivity index (χ3n) is 5.78. The fourth-order valence-corrected chi connectivity index (χ4v) is 4.06. The molecule has 1 fully saturated rings. The summed E-state index contributed by atoms with van der Waals surface area (Å²) >= 11 is 0. The van der Waals surface area contributed by atoms with Crippen molar-refractivity contribution in [1.29, 1.82) is 0 Å². The van der Waals surface area contributed by atoms with Gasteiger partial charge in [0, 0.05) is 46.1 Å². The van der Waals surface area contributed by atoms with Gasteiger partial charge in [-0.2, -0.15) is 0 Å². The number of aryl methyl sites for hydroxylation is 1. The van der Waals surface area contributed by atoms with Gasteiger partial charge in [-0.15, -0.1) is 0 Å². The first kappa shape index (κ1) is 20.9. The Kier molecular flexibility index (Phi) is 6.21. The Balaban J connectivity index is 1.38. The highest BCUT2D eigenvalue weighted by Crippen LogP contribution is 2.28. The Bertz CT molecular complexity index is 1130. The normalized spacial score (nSPS) is 14.1. The van der Waals surface area contributed by atoms with E-state index in [4.69, 9.17) is 4.74 Å². The number of aromatic nitrogens is 2. The minimum absolute atomic E-state index is 0.0744. The van der Waals surface area contributed by atoms with Crippen molar-refractivity contribution in [2.75, 3.05) is 37.7 Å². The molecule has 1 aliphatic heterocycles. The Morgan fingerprint density at radius 2 is 1.74 bits per heavy atom. The highest BCUT2D eigenvalue weighted by molar-refractivity contribution is 5.78. The molecule has 0 saturated carbocycles. The standard InChI is InChI=1S/C24H28N4O3/c1-3-31-21-11-7-6-10-20(21)27-14-16-28(17-15-27)23(29)13-12-22-25-19-9-5-4-8-18(19)24(30)26(22)2/h4-11H,3,12-17H2,1-2H3. The number of carbonyl (C=O) groups is 1. The molecule has 0 spiro atoms. The van der Waals surface area contributed by atoms with Gasteiger partial charge in [-0.1, -0.05) is 24.3 Å². The largest absolute Gasteiger partial charge is 0.492 e. The third-order valence-corrected chi connectivity index (χ3v) is 5.78. The van der Waals surface area contributed by atoms with E-state index in [1.165, 1.54) is 0 Å². The van der Waals surface area contributed by atoms with Crippen molar-refractivity contribution in [3.05, 3.63) is 64.7 Å². The van der Waals surface area contributed by atoms with Gasteiger partial charge in [0.05, 0.1) is 23.2 Å². The SMILES string of the molecule is CCOc1ccccc1N1CCN(C(=O)CCc2nc3ccccc3c(=O)n2C)CC1. The molecular weight excluding hydrogens is 392 g/mol. The summed E-state index contributed by atoms with van der Waals surface area (Å²) in [6.07, 6.45) is 0.789. The van der Waals surface area contributed by atoms with Crippen molar-refractivity contribution in [2.45, 2.75) is 19.8 Å². The maximum atomic E-state index is 12.8. The summed E-state index contributed by atoms with van der Waals surface area (Å²) in [5.41, 5.74) is 1.68. The van der Waals surface area contributed by atoms with E-state index in [2.05, 4.69) is 16.0 Å². The van der Waals surface area contributed by atoms with Gasteiger partial charge < -0.3 is 14.5 Å². The van der Waals surface area contributed by atoms with Gasteiger partial charge >= 0.3 is 0 Å². The molecule has 1 aromatic heterocycles. The summed E-state index contributed by atoms with van der Waals surface area (Å²) in [5, 5.41) is 0.600. The van der Waals surface area contributed by atoms with Crippen LogP contribution < -0.4 is 15.2 Å². The van der Waals surface area contributed by atoms with E-state index >= 15 is 0 Å². The molecule has 1 aliphatic rings. The van der Waals surface area contributed by atoms with Crippen molar-refractivity contribution in [3.63, 3.8) is 0 Å². The molecule has 162 valence electrons. The number of piperazine rings is 1. The topological polar surface area (TPSA) is 67.7 Å². The number of hydrogen-bond acceptors (Lipinski definition) is 5. The lowest BCUT2D eigenvalue weighted by atomic mass is 10.2. The van der Waals surface area contributed by atoms with Crippen molar-refractivity contribution in [3.8, 4) is 5.75 Å². The van der Waals surface area contributed by atoms with Crippen LogP contribution in [0, 0.1) is 0 Å². The van der Waals surface area contributed by atoms with E-state index in [1.54, 1.807) is 17.7 Å². The summed E-state index contributed by atoms with van der Waals surface area (Å²) < 4.78 is 7.30. The quantitative estimate of drug-likeness (QED) is 0.613. The van der Waals surface area contributed by atoms with Crippen molar-refractivity contribution >= 4 is 22.5 Å². The smallest absolute Gasteiger partial charge is 0.261 e. The van der Waals surface area contributed by atoms with Gasteiger partial charge in [0.1, 0.15) is 11.6 Å². The predicted octanol–water partition coefficient (Wildman–Crippen LogP) is 2.61. The molecule has 7 nitrogen and oxygen atoms in total. The van der Waals surface area contributed by atoms with Gasteiger partial charge in [-0.3, -0.25) is 14.2 Å². The van der Waals surface area contributed by atoms with Crippen LogP contribution in [0.2, 0.25) is 0 Å². The van der Waals surface area contributed by atoms with Gasteiger partial charge in [0.2, 0.25) is 5.91 Å². The summed E-state index contributed by atoms with van der Waals surface area (Å²) in [6, 6.07) is 15.3. The van der Waals surface area contributed by atoms with E-state index in [9.17, 15) is 9.59 Å². The van der Waals surface area contributed by atoms with Gasteiger partial charge in [0.25, 0.3) is 5.56 Å². The minimum atomic E-state index is -0.0744. The van der Waals surface area contributed by atoms with E-state index < -0.39 is 0 Å². The predicted molar refractivity (Wildman–Crippen MR) is 122 cm³/mol. The van der Waals surface area contributed by atoms with Gasteiger partial charge in [-0.05, 0) is 31.2 Å². The van der Waals surface area contributed by atoms with E-state index in [1.807, 2.05) is 48.2 Å². The lowest BCUT2D eigenvalue weighted by molar-refractivity contribution is -0.131. The average molecular weight is 421 g/mol. The van der Waals surface area contributed by atoms with Crippen molar-refractivity contribution in [2.24, 2.45) is 7.05 Å². The average Bonchev–Trinajstić information content (AvgIpc) is 2.81. The van der Waals surface area contributed by atoms with Crippen LogP contribution in [0.1, 0.15) is 19.2 Å². The fourth-order valence-electron chi connectivity index (χ4n) is 4.06. The minimum Gasteiger partial charge on any atom is -0.492 e. The van der Waals surface area contributed by atoms with E-state index in [-0.39, 0.29) is 11.5 Å². The molecule has 31 heavy (non-hydrogen) atoms. The summed E-state index contributed by atoms with van der Waals surface area (Å²) in [4.78, 5) is 34.1. The van der Waals surface area contributed by atoms with Crippen molar-refractivity contribution in [1.82, 2.24) is 14.5 Å². The fraction of sp³-hybridized carbons (Fsp3) is 0.375. The molecule has 1 saturated heterocycles. The first-order valence-corrected chi connectivity index (χ1v) is 10.8. The molecule has 0 radical (unpaired) electrons. The molecule has 0 unspecified atom stereocenters. The van der Waals surface area contributed by atoms with Crippen LogP contribution >= 0.6 is 0 Å². The Morgan fingerprint density at radius 1 is 1.03 bits per heavy atom. The molecule has 0 atom stereocenters. The highest BCUT2D eigenvalue weighted by Gasteiger charge is 2.23. The second-order valence-electron chi connectivity index (χ2n) is 7.68. The molecule has 0 bridgehead atoms. The summed E-state index contributed by atoms with van der Waals surface area (Å²) in [5.74, 6) is 1.62. The van der Waals surface area contributed by atoms with Crippen LogP contribution in [0.4, 0.5) is 5.69 Å². The maximum Gasteiger partial charge on any atom is 0.261 e. The number of hydrogen-bond donors (Lipinski definition) is 0. The molecule has 0 N–H and O–H groups in total. The molecule has 0 aliphatic carbocycles. The number of ether oxygens (including phenoxy) is 1. The molecule has 3 aromatic rings. The number of benzene rings is 2. The first-order chi connectivity index (χ1) is 15.1.